The van der Waals surface area contributed by atoms with E-state index in [9.17, 15) is 0 Å². The molecule has 0 radical (unpaired) electrons. The Morgan fingerprint density at radius 2 is 1.58 bits per heavy atom. The number of ether oxygens (including phenoxy) is 2. The van der Waals surface area contributed by atoms with Crippen molar-refractivity contribution in [1.82, 2.24) is 0 Å². The van der Waals surface area contributed by atoms with Crippen LogP contribution < -0.4 is 14.8 Å². The van der Waals surface area contributed by atoms with Crippen LogP contribution in [0, 0.1) is 13.8 Å². The van der Waals surface area contributed by atoms with Crippen LogP contribution in [0.5, 0.6) is 11.5 Å². The molecule has 3 aromatic carbocycles. The summed E-state index contributed by atoms with van der Waals surface area (Å²) in [5.74, 6) is 1.51. The van der Waals surface area contributed by atoms with Gasteiger partial charge in [-0.25, -0.2) is 0 Å². The minimum atomic E-state index is 0.527. The minimum absolute atomic E-state index is 0.527. The molecule has 1 N–H and O–H groups in total. The lowest BCUT2D eigenvalue weighted by molar-refractivity contribution is 0.284. The molecule has 0 saturated heterocycles. The number of hydrogen-bond donors (Lipinski definition) is 1. The topological polar surface area (TPSA) is 30.5 Å². The first-order valence-electron chi connectivity index (χ1n) is 8.80. The van der Waals surface area contributed by atoms with Crippen molar-refractivity contribution in [3.8, 4) is 11.5 Å². The van der Waals surface area contributed by atoms with Gasteiger partial charge in [0.2, 0.25) is 0 Å². The molecule has 0 spiro atoms. The maximum Gasteiger partial charge on any atom is 0.161 e. The highest BCUT2D eigenvalue weighted by molar-refractivity contribution is 5.47. The van der Waals surface area contributed by atoms with Gasteiger partial charge in [-0.15, -0.1) is 0 Å². The van der Waals surface area contributed by atoms with Crippen LogP contribution in [-0.4, -0.2) is 7.11 Å². The van der Waals surface area contributed by atoms with Crippen molar-refractivity contribution in [2.24, 2.45) is 0 Å². The molecule has 0 aliphatic heterocycles. The zero-order valence-electron chi connectivity index (χ0n) is 15.6. The van der Waals surface area contributed by atoms with Crippen molar-refractivity contribution < 1.29 is 9.47 Å². The molecule has 3 heteroatoms. The molecule has 0 aliphatic rings. The zero-order chi connectivity index (χ0) is 18.4. The van der Waals surface area contributed by atoms with Crippen LogP contribution >= 0.6 is 0 Å². The lowest BCUT2D eigenvalue weighted by Crippen LogP contribution is -2.02. The first-order chi connectivity index (χ1) is 12.6. The molecule has 0 unspecified atom stereocenters. The summed E-state index contributed by atoms with van der Waals surface area (Å²) < 4.78 is 11.5. The number of benzene rings is 3. The standard InChI is InChI=1S/C23H25NO2/c1-17-7-10-21(11-8-17)24-15-19-9-12-22(23(14-19)25-3)26-16-20-6-4-5-18(2)13-20/h4-14,24H,15-16H2,1-3H3. The number of methoxy groups -OCH3 is 1. The van der Waals surface area contributed by atoms with Crippen LogP contribution in [-0.2, 0) is 13.2 Å². The van der Waals surface area contributed by atoms with E-state index in [4.69, 9.17) is 9.47 Å². The monoisotopic (exact) mass is 347 g/mol. The van der Waals surface area contributed by atoms with Crippen LogP contribution in [0.1, 0.15) is 22.3 Å². The summed E-state index contributed by atoms with van der Waals surface area (Å²) in [5.41, 5.74) is 5.89. The van der Waals surface area contributed by atoms with Crippen molar-refractivity contribution in [1.29, 1.82) is 0 Å². The average molecular weight is 347 g/mol. The quantitative estimate of drug-likeness (QED) is 0.612. The number of aryl methyl sites for hydroxylation is 2. The van der Waals surface area contributed by atoms with Gasteiger partial charge >= 0.3 is 0 Å². The molecule has 0 fully saturated rings. The summed E-state index contributed by atoms with van der Waals surface area (Å²) in [5, 5.41) is 3.43. The highest BCUT2D eigenvalue weighted by atomic mass is 16.5. The van der Waals surface area contributed by atoms with Gasteiger partial charge in [0.1, 0.15) is 6.61 Å². The van der Waals surface area contributed by atoms with E-state index in [2.05, 4.69) is 67.7 Å². The summed E-state index contributed by atoms with van der Waals surface area (Å²) >= 11 is 0. The second-order valence-electron chi connectivity index (χ2n) is 6.48. The van der Waals surface area contributed by atoms with Gasteiger partial charge < -0.3 is 14.8 Å². The van der Waals surface area contributed by atoms with E-state index >= 15 is 0 Å². The van der Waals surface area contributed by atoms with Crippen molar-refractivity contribution in [2.45, 2.75) is 27.0 Å². The Labute approximate surface area is 155 Å². The molecule has 3 aromatic rings. The maximum atomic E-state index is 5.95. The van der Waals surface area contributed by atoms with Gasteiger partial charge in [-0.1, -0.05) is 53.6 Å². The Morgan fingerprint density at radius 3 is 2.31 bits per heavy atom. The summed E-state index contributed by atoms with van der Waals surface area (Å²) in [6.07, 6.45) is 0. The minimum Gasteiger partial charge on any atom is -0.493 e. The van der Waals surface area contributed by atoms with Gasteiger partial charge in [0, 0.05) is 12.2 Å². The molecule has 134 valence electrons. The molecule has 0 bridgehead atoms. The summed E-state index contributed by atoms with van der Waals surface area (Å²) in [6, 6.07) is 22.8. The van der Waals surface area contributed by atoms with E-state index in [-0.39, 0.29) is 0 Å². The van der Waals surface area contributed by atoms with E-state index in [0.717, 1.165) is 34.9 Å². The fourth-order valence-electron chi connectivity index (χ4n) is 2.78. The Hall–Kier alpha value is -2.94. The van der Waals surface area contributed by atoms with E-state index in [0.29, 0.717) is 6.61 Å². The Balaban J connectivity index is 1.64. The van der Waals surface area contributed by atoms with Gasteiger partial charge in [0.05, 0.1) is 7.11 Å². The van der Waals surface area contributed by atoms with Gasteiger partial charge in [-0.05, 0) is 49.2 Å². The molecule has 3 rings (SSSR count). The molecule has 0 saturated carbocycles. The summed E-state index contributed by atoms with van der Waals surface area (Å²) in [7, 11) is 1.67. The van der Waals surface area contributed by atoms with Crippen LogP contribution in [0.4, 0.5) is 5.69 Å². The van der Waals surface area contributed by atoms with Crippen LogP contribution in [0.3, 0.4) is 0 Å². The second-order valence-corrected chi connectivity index (χ2v) is 6.48. The molecule has 3 nitrogen and oxygen atoms in total. The third-order valence-corrected chi connectivity index (χ3v) is 4.25. The third kappa shape index (κ3) is 4.79. The summed E-state index contributed by atoms with van der Waals surface area (Å²) in [4.78, 5) is 0. The molecule has 0 amide bonds. The predicted octanol–water partition coefficient (Wildman–Crippen LogP) is 5.50. The zero-order valence-corrected chi connectivity index (χ0v) is 15.6. The van der Waals surface area contributed by atoms with Gasteiger partial charge in [0.25, 0.3) is 0 Å². The van der Waals surface area contributed by atoms with Gasteiger partial charge in [0.15, 0.2) is 11.5 Å². The van der Waals surface area contributed by atoms with Crippen LogP contribution in [0.15, 0.2) is 66.7 Å². The first kappa shape index (κ1) is 17.9. The van der Waals surface area contributed by atoms with E-state index < -0.39 is 0 Å². The van der Waals surface area contributed by atoms with Crippen molar-refractivity contribution >= 4 is 5.69 Å². The first-order valence-corrected chi connectivity index (χ1v) is 8.80. The highest BCUT2D eigenvalue weighted by Crippen LogP contribution is 2.29. The predicted molar refractivity (Wildman–Crippen MR) is 107 cm³/mol. The fourth-order valence-corrected chi connectivity index (χ4v) is 2.78. The second kappa shape index (κ2) is 8.43. The molecular weight excluding hydrogens is 322 g/mol. The maximum absolute atomic E-state index is 5.95. The largest absolute Gasteiger partial charge is 0.493 e. The van der Waals surface area contributed by atoms with Crippen LogP contribution in [0.25, 0.3) is 0 Å². The highest BCUT2D eigenvalue weighted by Gasteiger charge is 2.07. The SMILES string of the molecule is COc1cc(CNc2ccc(C)cc2)ccc1OCc1cccc(C)c1. The lowest BCUT2D eigenvalue weighted by atomic mass is 10.1. The number of rotatable bonds is 7. The normalized spacial score (nSPS) is 10.4. The van der Waals surface area contributed by atoms with Crippen molar-refractivity contribution in [2.75, 3.05) is 12.4 Å². The number of anilines is 1. The van der Waals surface area contributed by atoms with Gasteiger partial charge in [-0.3, -0.25) is 0 Å². The molecule has 0 atom stereocenters. The Kier molecular flexibility index (Phi) is 5.80. The van der Waals surface area contributed by atoms with Crippen molar-refractivity contribution in [3.05, 3.63) is 89.0 Å². The average Bonchev–Trinajstić information content (AvgIpc) is 2.66. The van der Waals surface area contributed by atoms with E-state index in [1.54, 1.807) is 7.11 Å². The smallest absolute Gasteiger partial charge is 0.161 e. The molecule has 0 aliphatic carbocycles. The number of nitrogens with one attached hydrogen (secondary N) is 1. The van der Waals surface area contributed by atoms with Gasteiger partial charge in [-0.2, -0.15) is 0 Å². The Morgan fingerprint density at radius 1 is 0.769 bits per heavy atom. The lowest BCUT2D eigenvalue weighted by Gasteiger charge is -2.13. The Bertz CT molecular complexity index is 856. The van der Waals surface area contributed by atoms with E-state index in [1.165, 1.54) is 11.1 Å². The third-order valence-electron chi connectivity index (χ3n) is 4.25. The molecule has 26 heavy (non-hydrogen) atoms. The van der Waals surface area contributed by atoms with E-state index in [1.807, 2.05) is 18.2 Å². The van der Waals surface area contributed by atoms with Crippen LogP contribution in [0.2, 0.25) is 0 Å². The molecular formula is C23H25NO2. The summed E-state index contributed by atoms with van der Waals surface area (Å²) in [6.45, 7) is 5.43. The molecule has 0 heterocycles. The fraction of sp³-hybridized carbons (Fsp3) is 0.217. The van der Waals surface area contributed by atoms with Crippen molar-refractivity contribution in [3.63, 3.8) is 0 Å². The number of hydrogen-bond acceptors (Lipinski definition) is 3. The molecule has 0 aromatic heterocycles.